The molecule has 4 rings (SSSR count). The Morgan fingerprint density at radius 2 is 1.59 bits per heavy atom. The van der Waals surface area contributed by atoms with Gasteiger partial charge in [0.05, 0.1) is 21.6 Å². The van der Waals surface area contributed by atoms with Gasteiger partial charge in [0.15, 0.2) is 0 Å². The minimum atomic E-state index is -4.73. The minimum Gasteiger partial charge on any atom is -0.744 e. The van der Waals surface area contributed by atoms with E-state index in [0.717, 1.165) is 18.2 Å². The number of nitrogens with one attached hydrogen (secondary N) is 1. The van der Waals surface area contributed by atoms with Gasteiger partial charge in [-0.3, -0.25) is 10.1 Å². The van der Waals surface area contributed by atoms with E-state index in [9.17, 15) is 28.2 Å². The second-order valence-electron chi connectivity index (χ2n) is 7.49. The Kier molecular flexibility index (Phi) is 16.7. The predicted octanol–water partition coefficient (Wildman–Crippen LogP) is -0.148. The first-order chi connectivity index (χ1) is 18.0. The van der Waals surface area contributed by atoms with Gasteiger partial charge in [0.25, 0.3) is 5.69 Å². The van der Waals surface area contributed by atoms with Gasteiger partial charge in [0, 0.05) is 40.8 Å². The molecule has 0 aliphatic rings. The van der Waals surface area contributed by atoms with Crippen molar-refractivity contribution in [1.82, 2.24) is 0 Å². The van der Waals surface area contributed by atoms with Crippen LogP contribution < -0.4 is 59.1 Å². The molecule has 0 atom stereocenters. The van der Waals surface area contributed by atoms with Gasteiger partial charge < -0.3 is 30.9 Å². The average Bonchev–Trinajstić information content (AvgIpc) is 2.87. The van der Waals surface area contributed by atoms with Gasteiger partial charge in [0.2, 0.25) is 0 Å². The standard InChI is InChI=1S/C16H11N4O6S.C8H10NO2.Cr.2Na/c17-12-6-5-10-11(2-1-3-15(10)27(24,25)26)16(12)19-18-13-7-4-9(20(22)23)8-14(13)21;10-6-5-9-7-3-1-2-4-8(7)11;;;/h1-8H,(H3-,17,18,19,21,24,25,26);1-4,10-11H,5-6H2;;;/q2*-1;;2*+1/p-1. The van der Waals surface area contributed by atoms with Crippen molar-refractivity contribution in [2.45, 2.75) is 4.90 Å². The Bertz CT molecular complexity index is 1630. The third-order valence-electron chi connectivity index (χ3n) is 4.95. The van der Waals surface area contributed by atoms with Crippen LogP contribution in [0.15, 0.2) is 87.9 Å². The van der Waals surface area contributed by atoms with E-state index < -0.39 is 25.7 Å². The largest absolute Gasteiger partial charge is 1.00 e. The number of azo groups is 1. The first-order valence-electron chi connectivity index (χ1n) is 10.7. The fourth-order valence-electron chi connectivity index (χ4n) is 3.22. The number of hydrogen-bond donors (Lipinski definition) is 3. The number of phenolic OH excluding ortho intramolecular Hbond substituents is 2. The van der Waals surface area contributed by atoms with Gasteiger partial charge in [-0.25, -0.2) is 8.42 Å². The van der Waals surface area contributed by atoms with Gasteiger partial charge in [-0.15, -0.1) is 17.3 Å². The van der Waals surface area contributed by atoms with E-state index in [1.54, 1.807) is 24.3 Å². The molecule has 17 heteroatoms. The van der Waals surface area contributed by atoms with Crippen LogP contribution in [-0.2, 0) is 27.5 Å². The average molecular weight is 636 g/mol. The Morgan fingerprint density at radius 3 is 2.17 bits per heavy atom. The van der Waals surface area contributed by atoms with Crippen molar-refractivity contribution < 1.29 is 110 Å². The molecule has 0 saturated carbocycles. The number of nitro benzene ring substituents is 1. The van der Waals surface area contributed by atoms with E-state index in [0.29, 0.717) is 12.2 Å². The summed E-state index contributed by atoms with van der Waals surface area (Å²) in [5, 5.41) is 50.0. The molecule has 0 aromatic heterocycles. The van der Waals surface area contributed by atoms with E-state index in [4.69, 9.17) is 15.9 Å². The van der Waals surface area contributed by atoms with Gasteiger partial charge >= 0.3 is 59.1 Å². The number of non-ortho nitro benzene ring substituents is 1. The van der Waals surface area contributed by atoms with E-state index in [1.807, 2.05) is 0 Å². The van der Waals surface area contributed by atoms with Crippen molar-refractivity contribution in [3.8, 4) is 11.5 Å². The molecule has 4 aromatic rings. The molecule has 4 N–H and O–H groups in total. The van der Waals surface area contributed by atoms with Crippen LogP contribution in [-0.4, -0.2) is 46.4 Å². The number of para-hydroxylation sites is 2. The zero-order chi connectivity index (χ0) is 27.9. The topological polar surface area (TPSA) is 224 Å². The van der Waals surface area contributed by atoms with Crippen LogP contribution in [0.4, 0.5) is 28.4 Å². The maximum Gasteiger partial charge on any atom is 1.00 e. The number of phenols is 2. The number of aliphatic hydroxyl groups is 1. The molecule has 0 amide bonds. The van der Waals surface area contributed by atoms with Crippen LogP contribution in [0.5, 0.6) is 11.5 Å². The molecule has 0 aliphatic carbocycles. The Morgan fingerprint density at radius 1 is 0.902 bits per heavy atom. The predicted molar refractivity (Wildman–Crippen MR) is 138 cm³/mol. The summed E-state index contributed by atoms with van der Waals surface area (Å²) in [5.74, 6) is -0.330. The number of rotatable bonds is 7. The molecule has 0 aliphatic heterocycles. The van der Waals surface area contributed by atoms with Crippen molar-refractivity contribution in [2.24, 2.45) is 10.2 Å². The number of hydrogen-bond acceptors (Lipinski definition) is 10. The van der Waals surface area contributed by atoms with Crippen molar-refractivity contribution in [2.75, 3.05) is 13.2 Å². The molecule has 0 heterocycles. The quantitative estimate of drug-likeness (QED) is 0.0811. The zero-order valence-electron chi connectivity index (χ0n) is 21.8. The molecule has 4 aromatic carbocycles. The Labute approximate surface area is 290 Å². The van der Waals surface area contributed by atoms with Crippen molar-refractivity contribution in [3.63, 3.8) is 0 Å². The van der Waals surface area contributed by atoms with Gasteiger partial charge in [-0.1, -0.05) is 48.2 Å². The molecule has 0 saturated heterocycles. The summed E-state index contributed by atoms with van der Waals surface area (Å²) in [5.41, 5.74) is 7.97. The molecule has 13 nitrogen and oxygen atoms in total. The second-order valence-corrected chi connectivity index (χ2v) is 8.84. The Balaban J connectivity index is 0.000000975. The third-order valence-corrected chi connectivity index (χ3v) is 5.85. The first kappa shape index (κ1) is 38.7. The summed E-state index contributed by atoms with van der Waals surface area (Å²) < 4.78 is 34.2. The molecule has 0 radical (unpaired) electrons. The molecular weight excluding hydrogens is 616 g/mol. The summed E-state index contributed by atoms with van der Waals surface area (Å²) in [4.78, 5) is 9.56. The minimum absolute atomic E-state index is 0. The van der Waals surface area contributed by atoms with E-state index >= 15 is 0 Å². The fourth-order valence-corrected chi connectivity index (χ4v) is 3.91. The van der Waals surface area contributed by atoms with Crippen molar-refractivity contribution in [1.29, 1.82) is 0 Å². The third kappa shape index (κ3) is 10.5. The van der Waals surface area contributed by atoms with Crippen LogP contribution in [0.2, 0.25) is 0 Å². The molecular formula is C24H20CrN5Na2O8S-. The normalized spacial score (nSPS) is 10.4. The molecule has 41 heavy (non-hydrogen) atoms. The number of aromatic hydroxyl groups is 2. The van der Waals surface area contributed by atoms with Crippen LogP contribution in [0.3, 0.4) is 0 Å². The number of aliphatic hydroxyl groups excluding tert-OH is 1. The van der Waals surface area contributed by atoms with Gasteiger partial charge in [0.1, 0.15) is 27.3 Å². The maximum absolute atomic E-state index is 11.4. The smallest absolute Gasteiger partial charge is 0.744 e. The number of nitro groups is 1. The zero-order valence-corrected chi connectivity index (χ0v) is 27.9. The molecule has 0 fully saturated rings. The van der Waals surface area contributed by atoms with E-state index in [1.165, 1.54) is 30.3 Å². The van der Waals surface area contributed by atoms with E-state index in [-0.39, 0.29) is 122 Å². The SMILES string of the molecule is OCC[N-]c1ccccc1O.[Cr].[NH-]c1ccc2c(S(=O)(=O)[O-])cccc2c1N=Nc1ccc([N+](=O)[O-])cc1O.[Na+].[Na+]. The number of fused-ring (bicyclic) bond motifs is 1. The first-order valence-corrected chi connectivity index (χ1v) is 12.1. The van der Waals surface area contributed by atoms with Crippen molar-refractivity contribution >= 4 is 49.3 Å². The van der Waals surface area contributed by atoms with Crippen molar-refractivity contribution in [3.05, 3.63) is 94.0 Å². The molecule has 0 spiro atoms. The molecule has 0 unspecified atom stereocenters. The monoisotopic (exact) mass is 636 g/mol. The number of nitrogens with zero attached hydrogens (tertiary/aromatic N) is 4. The number of benzene rings is 4. The summed E-state index contributed by atoms with van der Waals surface area (Å²) in [6.07, 6.45) is 0. The van der Waals surface area contributed by atoms with Gasteiger partial charge in [-0.05, 0) is 18.2 Å². The molecule has 0 bridgehead atoms. The molecule has 204 valence electrons. The van der Waals surface area contributed by atoms with Crippen LogP contribution in [0, 0.1) is 10.1 Å². The summed E-state index contributed by atoms with van der Waals surface area (Å²) in [7, 11) is -4.73. The van der Waals surface area contributed by atoms with Gasteiger partial charge in [-0.2, -0.15) is 5.11 Å². The summed E-state index contributed by atoms with van der Waals surface area (Å²) in [6, 6.07) is 16.6. The summed E-state index contributed by atoms with van der Waals surface area (Å²) >= 11 is 0. The van der Waals surface area contributed by atoms with Crippen LogP contribution in [0.1, 0.15) is 0 Å². The van der Waals surface area contributed by atoms with Crippen LogP contribution >= 0.6 is 0 Å². The van der Waals surface area contributed by atoms with E-state index in [2.05, 4.69) is 15.5 Å². The summed E-state index contributed by atoms with van der Waals surface area (Å²) in [6.45, 7) is 0.339. The van der Waals surface area contributed by atoms with Crippen LogP contribution in [0.25, 0.3) is 21.8 Å². The maximum atomic E-state index is 11.4. The second kappa shape index (κ2) is 17.6. The fraction of sp³-hybridized carbons (Fsp3) is 0.0833. The Hall–Kier alpha value is -2.26.